The fourth-order valence-electron chi connectivity index (χ4n) is 3.95. The van der Waals surface area contributed by atoms with E-state index in [0.29, 0.717) is 35.7 Å². The lowest BCUT2D eigenvalue weighted by Gasteiger charge is -2.33. The zero-order valence-electron chi connectivity index (χ0n) is 16.6. The minimum absolute atomic E-state index is 0.199. The summed E-state index contributed by atoms with van der Waals surface area (Å²) in [4.78, 5) is 18.8. The van der Waals surface area contributed by atoms with E-state index in [-0.39, 0.29) is 17.5 Å². The van der Waals surface area contributed by atoms with E-state index in [0.717, 1.165) is 17.7 Å². The number of aromatic nitrogens is 3. The Morgan fingerprint density at radius 2 is 1.93 bits per heavy atom. The molecule has 0 bridgehead atoms. The van der Waals surface area contributed by atoms with Crippen LogP contribution in [0.15, 0.2) is 30.6 Å². The largest absolute Gasteiger partial charge is 0.494 e. The standard InChI is InChI=1S/C21H19F3N4O2/c1-11-19-14(5-7-28(11)21(29)13-4-6-25-10-17(13)30-3)20(27(2)26-19)12-8-15(22)18(24)16(23)9-12/h4,6,8-11H,5,7H2,1-3H3/t11-/m0/s1. The molecule has 3 heterocycles. The first-order valence-electron chi connectivity index (χ1n) is 9.33. The van der Waals surface area contributed by atoms with Crippen LogP contribution in [0.4, 0.5) is 13.2 Å². The van der Waals surface area contributed by atoms with Gasteiger partial charge in [0.15, 0.2) is 17.5 Å². The molecule has 6 nitrogen and oxygen atoms in total. The second kappa shape index (κ2) is 7.47. The summed E-state index contributed by atoms with van der Waals surface area (Å²) >= 11 is 0. The van der Waals surface area contributed by atoms with Crippen LogP contribution >= 0.6 is 0 Å². The van der Waals surface area contributed by atoms with Crippen molar-refractivity contribution < 1.29 is 22.7 Å². The van der Waals surface area contributed by atoms with Gasteiger partial charge in [0, 0.05) is 30.9 Å². The molecule has 1 aliphatic heterocycles. The Morgan fingerprint density at radius 1 is 1.23 bits per heavy atom. The van der Waals surface area contributed by atoms with Gasteiger partial charge in [-0.1, -0.05) is 0 Å². The highest BCUT2D eigenvalue weighted by molar-refractivity contribution is 5.97. The first-order chi connectivity index (χ1) is 14.3. The number of ether oxygens (including phenoxy) is 1. The third-order valence-corrected chi connectivity index (χ3v) is 5.40. The molecular weight excluding hydrogens is 397 g/mol. The van der Waals surface area contributed by atoms with Crippen molar-refractivity contribution in [1.82, 2.24) is 19.7 Å². The molecule has 0 aliphatic carbocycles. The molecule has 0 unspecified atom stereocenters. The molecule has 9 heteroatoms. The number of halogens is 3. The van der Waals surface area contributed by atoms with Crippen LogP contribution in [-0.4, -0.2) is 39.2 Å². The van der Waals surface area contributed by atoms with Crippen LogP contribution in [0.1, 0.15) is 34.6 Å². The minimum atomic E-state index is -1.51. The van der Waals surface area contributed by atoms with E-state index in [1.54, 1.807) is 18.0 Å². The molecule has 0 N–H and O–H groups in total. The van der Waals surface area contributed by atoms with Gasteiger partial charge >= 0.3 is 0 Å². The third kappa shape index (κ3) is 3.10. The number of carbonyl (C=O) groups is 1. The number of rotatable bonds is 3. The smallest absolute Gasteiger partial charge is 0.258 e. The minimum Gasteiger partial charge on any atom is -0.494 e. The van der Waals surface area contributed by atoms with E-state index in [4.69, 9.17) is 4.74 Å². The van der Waals surface area contributed by atoms with Gasteiger partial charge in [0.05, 0.1) is 36.3 Å². The van der Waals surface area contributed by atoms with Crippen LogP contribution in [0, 0.1) is 17.5 Å². The molecule has 0 saturated heterocycles. The molecule has 2 aromatic heterocycles. The van der Waals surface area contributed by atoms with E-state index in [9.17, 15) is 18.0 Å². The topological polar surface area (TPSA) is 60.2 Å². The molecule has 4 rings (SSSR count). The number of benzene rings is 1. The maximum absolute atomic E-state index is 13.8. The molecule has 1 aliphatic rings. The number of nitrogens with zero attached hydrogens (tertiary/aromatic N) is 4. The van der Waals surface area contributed by atoms with Gasteiger partial charge in [0.1, 0.15) is 5.75 Å². The average molecular weight is 416 g/mol. The Hall–Kier alpha value is -3.36. The van der Waals surface area contributed by atoms with Crippen molar-refractivity contribution in [1.29, 1.82) is 0 Å². The van der Waals surface area contributed by atoms with Gasteiger partial charge in [-0.05, 0) is 31.5 Å². The highest BCUT2D eigenvalue weighted by Crippen LogP contribution is 2.37. The van der Waals surface area contributed by atoms with Crippen LogP contribution in [-0.2, 0) is 13.5 Å². The molecule has 0 radical (unpaired) electrons. The first kappa shape index (κ1) is 19.9. The SMILES string of the molecule is COc1cnccc1C(=O)N1CCc2c(nn(C)c2-c2cc(F)c(F)c(F)c2)[C@@H]1C. The summed E-state index contributed by atoms with van der Waals surface area (Å²) < 4.78 is 47.7. The van der Waals surface area contributed by atoms with Crippen molar-refractivity contribution in [3.8, 4) is 17.0 Å². The number of fused-ring (bicyclic) bond motifs is 1. The zero-order valence-corrected chi connectivity index (χ0v) is 16.6. The van der Waals surface area contributed by atoms with Crippen molar-refractivity contribution in [3.05, 3.63) is 64.9 Å². The number of pyridine rings is 1. The predicted molar refractivity (Wildman–Crippen MR) is 102 cm³/mol. The number of aryl methyl sites for hydroxylation is 1. The van der Waals surface area contributed by atoms with Crippen LogP contribution in [0.5, 0.6) is 5.75 Å². The molecule has 3 aromatic rings. The fourth-order valence-corrected chi connectivity index (χ4v) is 3.95. The Morgan fingerprint density at radius 3 is 2.60 bits per heavy atom. The van der Waals surface area contributed by atoms with Crippen LogP contribution in [0.25, 0.3) is 11.3 Å². The highest BCUT2D eigenvalue weighted by Gasteiger charge is 2.34. The molecule has 0 saturated carbocycles. The van der Waals surface area contributed by atoms with Crippen molar-refractivity contribution in [3.63, 3.8) is 0 Å². The molecule has 1 aromatic carbocycles. The average Bonchev–Trinajstić information content (AvgIpc) is 3.08. The van der Waals surface area contributed by atoms with E-state index in [1.165, 1.54) is 24.2 Å². The van der Waals surface area contributed by atoms with Crippen LogP contribution in [0.2, 0.25) is 0 Å². The monoisotopic (exact) mass is 416 g/mol. The van der Waals surface area contributed by atoms with E-state index in [2.05, 4.69) is 10.1 Å². The third-order valence-electron chi connectivity index (χ3n) is 5.40. The molecule has 1 amide bonds. The Kier molecular flexibility index (Phi) is 4.97. The normalized spacial score (nSPS) is 15.8. The molecular formula is C21H19F3N4O2. The first-order valence-corrected chi connectivity index (χ1v) is 9.33. The van der Waals surface area contributed by atoms with E-state index < -0.39 is 17.5 Å². The summed E-state index contributed by atoms with van der Waals surface area (Å²) in [6.45, 7) is 2.22. The lowest BCUT2D eigenvalue weighted by Crippen LogP contribution is -2.39. The maximum atomic E-state index is 13.8. The van der Waals surface area contributed by atoms with Crippen LogP contribution in [0.3, 0.4) is 0 Å². The summed E-state index contributed by atoms with van der Waals surface area (Å²) in [7, 11) is 3.12. The second-order valence-corrected chi connectivity index (χ2v) is 7.09. The van der Waals surface area contributed by atoms with Crippen LogP contribution < -0.4 is 4.74 Å². The number of hydrogen-bond acceptors (Lipinski definition) is 4. The summed E-state index contributed by atoms with van der Waals surface area (Å²) in [5.74, 6) is -3.88. The summed E-state index contributed by atoms with van der Waals surface area (Å²) in [6, 6.07) is 3.13. The Balaban J connectivity index is 1.73. The summed E-state index contributed by atoms with van der Waals surface area (Å²) in [5, 5.41) is 4.50. The molecule has 0 spiro atoms. The second-order valence-electron chi connectivity index (χ2n) is 7.09. The summed E-state index contributed by atoms with van der Waals surface area (Å²) in [5.41, 5.74) is 2.50. The number of carbonyl (C=O) groups excluding carboxylic acids is 1. The maximum Gasteiger partial charge on any atom is 0.258 e. The Labute approximate surface area is 170 Å². The van der Waals surface area contributed by atoms with Gasteiger partial charge in [0.25, 0.3) is 5.91 Å². The van der Waals surface area contributed by atoms with Crippen molar-refractivity contribution >= 4 is 5.91 Å². The molecule has 156 valence electrons. The van der Waals surface area contributed by atoms with Gasteiger partial charge in [-0.15, -0.1) is 0 Å². The molecule has 1 atom stereocenters. The van der Waals surface area contributed by atoms with Crippen molar-refractivity contribution in [2.45, 2.75) is 19.4 Å². The lowest BCUT2D eigenvalue weighted by atomic mass is 9.95. The fraction of sp³-hybridized carbons (Fsp3) is 0.286. The van der Waals surface area contributed by atoms with Gasteiger partial charge in [-0.25, -0.2) is 13.2 Å². The van der Waals surface area contributed by atoms with E-state index >= 15 is 0 Å². The number of amides is 1. The van der Waals surface area contributed by atoms with Crippen molar-refractivity contribution in [2.24, 2.45) is 7.05 Å². The number of methoxy groups -OCH3 is 1. The van der Waals surface area contributed by atoms with Gasteiger partial charge in [-0.2, -0.15) is 5.10 Å². The molecule has 30 heavy (non-hydrogen) atoms. The van der Waals surface area contributed by atoms with Crippen molar-refractivity contribution in [2.75, 3.05) is 13.7 Å². The lowest BCUT2D eigenvalue weighted by molar-refractivity contribution is 0.0670. The Bertz CT molecular complexity index is 1120. The molecule has 0 fully saturated rings. The van der Waals surface area contributed by atoms with Gasteiger partial charge < -0.3 is 9.64 Å². The summed E-state index contributed by atoms with van der Waals surface area (Å²) in [6.07, 6.45) is 3.43. The highest BCUT2D eigenvalue weighted by atomic mass is 19.2. The van der Waals surface area contributed by atoms with Gasteiger partial charge in [0.2, 0.25) is 0 Å². The van der Waals surface area contributed by atoms with E-state index in [1.807, 2.05) is 6.92 Å². The quantitative estimate of drug-likeness (QED) is 0.612. The zero-order chi connectivity index (χ0) is 21.6. The predicted octanol–water partition coefficient (Wildman–Crippen LogP) is 3.67. The number of hydrogen-bond donors (Lipinski definition) is 0. The van der Waals surface area contributed by atoms with Gasteiger partial charge in [-0.3, -0.25) is 14.5 Å².